The maximum atomic E-state index is 12.0. The summed E-state index contributed by atoms with van der Waals surface area (Å²) in [5, 5.41) is 16.3. The van der Waals surface area contributed by atoms with Crippen molar-refractivity contribution in [2.45, 2.75) is 44.6 Å². The van der Waals surface area contributed by atoms with E-state index in [0.717, 1.165) is 18.5 Å². The lowest BCUT2D eigenvalue weighted by Crippen LogP contribution is -2.24. The number of benzene rings is 1. The van der Waals surface area contributed by atoms with Gasteiger partial charge in [-0.15, -0.1) is 0 Å². The zero-order valence-corrected chi connectivity index (χ0v) is 19.5. The summed E-state index contributed by atoms with van der Waals surface area (Å²) in [5.41, 5.74) is 2.50. The summed E-state index contributed by atoms with van der Waals surface area (Å²) >= 11 is 0. The zero-order valence-electron chi connectivity index (χ0n) is 19.5. The van der Waals surface area contributed by atoms with Crippen molar-refractivity contribution < 1.29 is 9.59 Å². The van der Waals surface area contributed by atoms with Gasteiger partial charge in [-0.2, -0.15) is 19.6 Å². The number of para-hydroxylation sites is 1. The third-order valence-electron chi connectivity index (χ3n) is 5.59. The van der Waals surface area contributed by atoms with Crippen LogP contribution in [0.15, 0.2) is 42.1 Å². The van der Waals surface area contributed by atoms with Crippen molar-refractivity contribution >= 4 is 41.1 Å². The van der Waals surface area contributed by atoms with Crippen molar-refractivity contribution in [2.24, 2.45) is 0 Å². The van der Waals surface area contributed by atoms with Gasteiger partial charge in [-0.3, -0.25) is 14.9 Å². The van der Waals surface area contributed by atoms with E-state index in [-0.39, 0.29) is 18.2 Å². The normalized spacial score (nSPS) is 17.4. The molecule has 2 fully saturated rings. The van der Waals surface area contributed by atoms with E-state index in [1.54, 1.807) is 16.8 Å². The minimum atomic E-state index is -0.374. The Balaban J connectivity index is 0.000000868. The molecule has 1 saturated heterocycles. The van der Waals surface area contributed by atoms with Crippen LogP contribution < -0.4 is 21.3 Å². The summed E-state index contributed by atoms with van der Waals surface area (Å²) in [6.07, 6.45) is 9.21. The van der Waals surface area contributed by atoms with E-state index in [0.29, 0.717) is 34.7 Å². The van der Waals surface area contributed by atoms with Crippen molar-refractivity contribution in [3.05, 3.63) is 47.7 Å². The summed E-state index contributed by atoms with van der Waals surface area (Å²) in [4.78, 5) is 32.9. The third kappa shape index (κ3) is 5.57. The topological polar surface area (TPSA) is 125 Å². The van der Waals surface area contributed by atoms with E-state index in [2.05, 4.69) is 31.3 Å². The molecule has 0 radical (unpaired) electrons. The smallest absolute Gasteiger partial charge is 0.254 e. The molecule has 0 spiro atoms. The molecule has 2 amide bonds. The van der Waals surface area contributed by atoms with Crippen molar-refractivity contribution in [2.75, 3.05) is 24.7 Å². The monoisotopic (exact) mass is 462 g/mol. The minimum absolute atomic E-state index is 0.0591. The standard InChI is InChI=1S/C22H23N7O2.C2H7N/c30-18-12-14(20(31)26-18)11-15-13-23-29-19(15)27-21(24-16-7-3-1-4-8-16)28-22(29)25-17-9-5-2-6-10-17;1-3-2/h2,5-6,9-11,13,16H,1,3-4,7-8,12H2,(H,26,30,31)(H2,24,25,27,28);3H,1-2H3/b14-11+;. The molecule has 2 aromatic heterocycles. The number of hydrogen-bond acceptors (Lipinski definition) is 8. The second-order valence-electron chi connectivity index (χ2n) is 8.40. The second kappa shape index (κ2) is 10.9. The van der Waals surface area contributed by atoms with Gasteiger partial charge in [-0.05, 0) is 45.1 Å². The quantitative estimate of drug-likeness (QED) is 0.337. The Morgan fingerprint density at radius 3 is 2.47 bits per heavy atom. The molecule has 5 rings (SSSR count). The van der Waals surface area contributed by atoms with Gasteiger partial charge in [0.25, 0.3) is 5.91 Å². The van der Waals surface area contributed by atoms with E-state index < -0.39 is 0 Å². The van der Waals surface area contributed by atoms with Gasteiger partial charge in [0.05, 0.1) is 12.6 Å². The van der Waals surface area contributed by atoms with Crippen LogP contribution in [0, 0.1) is 0 Å². The molecule has 4 N–H and O–H groups in total. The lowest BCUT2D eigenvalue weighted by atomic mass is 9.96. The van der Waals surface area contributed by atoms with E-state index in [1.807, 2.05) is 44.4 Å². The number of nitrogens with zero attached hydrogens (tertiary/aromatic N) is 4. The number of aromatic nitrogens is 4. The number of hydrogen-bond donors (Lipinski definition) is 4. The molecular formula is C24H30N8O2. The number of anilines is 3. The zero-order chi connectivity index (χ0) is 23.9. The number of rotatable bonds is 5. The minimum Gasteiger partial charge on any atom is -0.351 e. The number of carbonyl (C=O) groups excluding carboxylic acids is 2. The van der Waals surface area contributed by atoms with Crippen LogP contribution in [0.1, 0.15) is 44.1 Å². The van der Waals surface area contributed by atoms with Gasteiger partial charge in [0, 0.05) is 22.9 Å². The van der Waals surface area contributed by atoms with Crippen LogP contribution in [0.25, 0.3) is 11.7 Å². The van der Waals surface area contributed by atoms with Crippen molar-refractivity contribution in [3.8, 4) is 0 Å². The van der Waals surface area contributed by atoms with Gasteiger partial charge < -0.3 is 16.0 Å². The Hall–Kier alpha value is -3.79. The summed E-state index contributed by atoms with van der Waals surface area (Å²) in [6, 6.07) is 10.1. The van der Waals surface area contributed by atoms with E-state index in [1.165, 1.54) is 19.3 Å². The van der Waals surface area contributed by atoms with Crippen LogP contribution in [0.3, 0.4) is 0 Å². The number of nitrogens with one attached hydrogen (secondary N) is 4. The van der Waals surface area contributed by atoms with E-state index >= 15 is 0 Å². The lowest BCUT2D eigenvalue weighted by molar-refractivity contribution is -0.124. The van der Waals surface area contributed by atoms with Gasteiger partial charge >= 0.3 is 0 Å². The largest absolute Gasteiger partial charge is 0.351 e. The Morgan fingerprint density at radius 1 is 1.06 bits per heavy atom. The fourth-order valence-corrected chi connectivity index (χ4v) is 4.03. The van der Waals surface area contributed by atoms with Crippen molar-refractivity contribution in [1.82, 2.24) is 30.2 Å². The Kier molecular flexibility index (Phi) is 7.48. The molecule has 3 heterocycles. The number of amides is 2. The Bertz CT molecular complexity index is 1180. The Labute approximate surface area is 198 Å². The molecule has 3 aromatic rings. The van der Waals surface area contributed by atoms with Gasteiger partial charge in [-0.1, -0.05) is 37.5 Å². The summed E-state index contributed by atoms with van der Waals surface area (Å²) < 4.78 is 1.61. The maximum Gasteiger partial charge on any atom is 0.254 e. The highest BCUT2D eigenvalue weighted by Gasteiger charge is 2.25. The lowest BCUT2D eigenvalue weighted by Gasteiger charge is -2.23. The summed E-state index contributed by atoms with van der Waals surface area (Å²) in [5.74, 6) is 0.367. The predicted octanol–water partition coefficient (Wildman–Crippen LogP) is 2.88. The van der Waals surface area contributed by atoms with Gasteiger partial charge in [-0.25, -0.2) is 0 Å². The number of imide groups is 1. The van der Waals surface area contributed by atoms with Crippen LogP contribution in [0.4, 0.5) is 17.6 Å². The summed E-state index contributed by atoms with van der Waals surface area (Å²) in [6.45, 7) is 0. The van der Waals surface area contributed by atoms with Gasteiger partial charge in [0.15, 0.2) is 5.65 Å². The first kappa shape index (κ1) is 23.4. The molecule has 34 heavy (non-hydrogen) atoms. The van der Waals surface area contributed by atoms with Gasteiger partial charge in [0.2, 0.25) is 17.8 Å². The molecule has 1 aromatic carbocycles. The van der Waals surface area contributed by atoms with Crippen LogP contribution in [0.2, 0.25) is 0 Å². The number of fused-ring (bicyclic) bond motifs is 1. The summed E-state index contributed by atoms with van der Waals surface area (Å²) in [7, 11) is 3.75. The molecule has 0 atom stereocenters. The fraction of sp³-hybridized carbons (Fsp3) is 0.375. The van der Waals surface area contributed by atoms with Crippen LogP contribution >= 0.6 is 0 Å². The molecular weight excluding hydrogens is 432 g/mol. The molecule has 178 valence electrons. The predicted molar refractivity (Wildman–Crippen MR) is 132 cm³/mol. The van der Waals surface area contributed by atoms with E-state index in [4.69, 9.17) is 4.98 Å². The Morgan fingerprint density at radius 2 is 1.79 bits per heavy atom. The van der Waals surface area contributed by atoms with E-state index in [9.17, 15) is 9.59 Å². The maximum absolute atomic E-state index is 12.0. The van der Waals surface area contributed by atoms with Crippen LogP contribution in [-0.4, -0.2) is 51.5 Å². The molecule has 0 bridgehead atoms. The molecule has 0 unspecified atom stereocenters. The molecule has 10 heteroatoms. The first-order valence-corrected chi connectivity index (χ1v) is 11.5. The average Bonchev–Trinajstić information content (AvgIpc) is 3.38. The van der Waals surface area contributed by atoms with Crippen molar-refractivity contribution in [3.63, 3.8) is 0 Å². The highest BCUT2D eigenvalue weighted by Crippen LogP contribution is 2.25. The molecule has 1 aliphatic heterocycles. The molecule has 2 aliphatic rings. The fourth-order valence-electron chi connectivity index (χ4n) is 4.03. The van der Waals surface area contributed by atoms with Crippen LogP contribution in [0.5, 0.6) is 0 Å². The van der Waals surface area contributed by atoms with Gasteiger partial charge in [0.1, 0.15) is 0 Å². The average molecular weight is 463 g/mol. The highest BCUT2D eigenvalue weighted by atomic mass is 16.2. The number of carbonyl (C=O) groups is 2. The molecule has 1 aliphatic carbocycles. The first-order valence-electron chi connectivity index (χ1n) is 11.5. The molecule has 10 nitrogen and oxygen atoms in total. The molecule has 1 saturated carbocycles. The first-order chi connectivity index (χ1) is 16.6. The second-order valence-corrected chi connectivity index (χ2v) is 8.40. The third-order valence-corrected chi connectivity index (χ3v) is 5.59. The highest BCUT2D eigenvalue weighted by molar-refractivity contribution is 6.15. The van der Waals surface area contributed by atoms with Crippen LogP contribution in [-0.2, 0) is 9.59 Å². The van der Waals surface area contributed by atoms with Crippen molar-refractivity contribution in [1.29, 1.82) is 0 Å². The SMILES string of the molecule is CNC.O=C1C/C(=C\c2cnn3c(Nc4ccccc4)nc(NC4CCCCC4)nc23)C(=O)N1.